The van der Waals surface area contributed by atoms with Crippen LogP contribution in [0.1, 0.15) is 31.8 Å². The topological polar surface area (TPSA) is 81.4 Å². The highest BCUT2D eigenvalue weighted by atomic mass is 16.2. The molecule has 0 saturated carbocycles. The minimum absolute atomic E-state index is 0.291. The number of imide groups is 1. The zero-order valence-electron chi connectivity index (χ0n) is 15.1. The molecule has 27 heavy (non-hydrogen) atoms. The zero-order valence-corrected chi connectivity index (χ0v) is 15.1. The first-order chi connectivity index (χ1) is 12.8. The van der Waals surface area contributed by atoms with E-state index in [1.54, 1.807) is 31.3 Å². The highest BCUT2D eigenvalue weighted by molar-refractivity contribution is 6.25. The standard InChI is InChI=1S/C20H17N3O4/c1-21-10-12(17(24)23(3)20(21)27)9-11-7-8-15-16-13(11)5-4-6-14(16)18(25)22(2)19(15)26/h4-8,10H,9H2,1-3H3. The van der Waals surface area contributed by atoms with Crippen molar-refractivity contribution in [2.24, 2.45) is 14.1 Å². The van der Waals surface area contributed by atoms with Gasteiger partial charge in [0.05, 0.1) is 0 Å². The molecule has 2 heterocycles. The molecule has 0 radical (unpaired) electrons. The van der Waals surface area contributed by atoms with E-state index in [0.29, 0.717) is 28.5 Å². The largest absolute Gasteiger partial charge is 0.330 e. The van der Waals surface area contributed by atoms with Crippen LogP contribution in [0.25, 0.3) is 10.8 Å². The number of amides is 2. The van der Waals surface area contributed by atoms with Gasteiger partial charge in [-0.3, -0.25) is 23.9 Å². The van der Waals surface area contributed by atoms with Gasteiger partial charge in [-0.2, -0.15) is 0 Å². The number of aryl methyl sites for hydroxylation is 1. The van der Waals surface area contributed by atoms with Crippen LogP contribution in [0.2, 0.25) is 0 Å². The van der Waals surface area contributed by atoms with E-state index in [4.69, 9.17) is 0 Å². The summed E-state index contributed by atoms with van der Waals surface area (Å²) < 4.78 is 2.44. The molecule has 0 fully saturated rings. The maximum Gasteiger partial charge on any atom is 0.330 e. The molecule has 0 saturated heterocycles. The molecule has 0 atom stereocenters. The van der Waals surface area contributed by atoms with Gasteiger partial charge >= 0.3 is 5.69 Å². The van der Waals surface area contributed by atoms with Crippen molar-refractivity contribution in [1.82, 2.24) is 14.0 Å². The van der Waals surface area contributed by atoms with Crippen molar-refractivity contribution >= 4 is 22.6 Å². The first-order valence-electron chi connectivity index (χ1n) is 8.43. The van der Waals surface area contributed by atoms with Crippen molar-refractivity contribution in [3.05, 3.63) is 79.6 Å². The molecule has 7 nitrogen and oxygen atoms in total. The summed E-state index contributed by atoms with van der Waals surface area (Å²) in [5.41, 5.74) is 1.48. The summed E-state index contributed by atoms with van der Waals surface area (Å²) in [5.74, 6) is -0.679. The summed E-state index contributed by atoms with van der Waals surface area (Å²) in [4.78, 5) is 50.4. The Kier molecular flexibility index (Phi) is 3.62. The Morgan fingerprint density at radius 1 is 0.815 bits per heavy atom. The average molecular weight is 363 g/mol. The van der Waals surface area contributed by atoms with Crippen LogP contribution in [-0.2, 0) is 20.5 Å². The number of nitrogens with zero attached hydrogens (tertiary/aromatic N) is 3. The molecule has 1 aliphatic heterocycles. The Morgan fingerprint density at radius 3 is 2.19 bits per heavy atom. The number of carbonyl (C=O) groups is 2. The van der Waals surface area contributed by atoms with Crippen molar-refractivity contribution < 1.29 is 9.59 Å². The molecule has 4 rings (SSSR count). The summed E-state index contributed by atoms with van der Waals surface area (Å²) in [6.45, 7) is 0. The average Bonchev–Trinajstić information content (AvgIpc) is 2.67. The zero-order chi connectivity index (χ0) is 19.5. The second kappa shape index (κ2) is 5.77. The molecule has 0 unspecified atom stereocenters. The summed E-state index contributed by atoms with van der Waals surface area (Å²) in [5, 5.41) is 1.38. The number of hydrogen-bond acceptors (Lipinski definition) is 4. The van der Waals surface area contributed by atoms with Crippen LogP contribution < -0.4 is 11.2 Å². The van der Waals surface area contributed by atoms with Gasteiger partial charge in [-0.1, -0.05) is 18.2 Å². The van der Waals surface area contributed by atoms with E-state index in [9.17, 15) is 19.2 Å². The van der Waals surface area contributed by atoms with Gasteiger partial charge in [0.25, 0.3) is 17.4 Å². The lowest BCUT2D eigenvalue weighted by atomic mass is 9.90. The van der Waals surface area contributed by atoms with Gasteiger partial charge < -0.3 is 4.57 Å². The number of carbonyl (C=O) groups excluding carboxylic acids is 2. The first kappa shape index (κ1) is 17.0. The fraction of sp³-hybridized carbons (Fsp3) is 0.200. The minimum Gasteiger partial charge on any atom is -0.303 e. The third-order valence-electron chi connectivity index (χ3n) is 5.10. The van der Waals surface area contributed by atoms with Crippen LogP contribution in [0.15, 0.2) is 46.1 Å². The highest BCUT2D eigenvalue weighted by Crippen LogP contribution is 2.32. The number of aromatic nitrogens is 2. The van der Waals surface area contributed by atoms with Crippen LogP contribution in [-0.4, -0.2) is 32.9 Å². The predicted octanol–water partition coefficient (Wildman–Crippen LogP) is 1.05. The maximum atomic E-state index is 12.5. The lowest BCUT2D eigenvalue weighted by molar-refractivity contribution is 0.0650. The Morgan fingerprint density at radius 2 is 1.48 bits per heavy atom. The Labute approximate surface area is 154 Å². The molecular formula is C20H17N3O4. The monoisotopic (exact) mass is 363 g/mol. The lowest BCUT2D eigenvalue weighted by Crippen LogP contribution is -2.38. The van der Waals surface area contributed by atoms with Gasteiger partial charge in [-0.25, -0.2) is 4.79 Å². The summed E-state index contributed by atoms with van der Waals surface area (Å²) in [7, 11) is 4.50. The second-order valence-electron chi connectivity index (χ2n) is 6.76. The van der Waals surface area contributed by atoms with Crippen LogP contribution in [0, 0.1) is 0 Å². The van der Waals surface area contributed by atoms with Crippen molar-refractivity contribution in [3.8, 4) is 0 Å². The van der Waals surface area contributed by atoms with Gasteiger partial charge in [-0.15, -0.1) is 0 Å². The van der Waals surface area contributed by atoms with E-state index in [1.807, 2.05) is 6.07 Å². The molecule has 0 bridgehead atoms. The Balaban J connectivity index is 1.95. The number of rotatable bonds is 2. The van der Waals surface area contributed by atoms with E-state index >= 15 is 0 Å². The van der Waals surface area contributed by atoms with Gasteiger partial charge in [0, 0.05) is 55.8 Å². The molecule has 0 spiro atoms. The Hall–Kier alpha value is -3.48. The van der Waals surface area contributed by atoms with Crippen molar-refractivity contribution in [1.29, 1.82) is 0 Å². The molecule has 0 N–H and O–H groups in total. The molecule has 2 aromatic carbocycles. The maximum absolute atomic E-state index is 12.5. The molecular weight excluding hydrogens is 346 g/mol. The highest BCUT2D eigenvalue weighted by Gasteiger charge is 2.30. The summed E-state index contributed by atoms with van der Waals surface area (Å²) >= 11 is 0. The van der Waals surface area contributed by atoms with Gasteiger partial charge in [0.1, 0.15) is 0 Å². The molecule has 7 heteroatoms. The Bertz CT molecular complexity index is 1240. The van der Waals surface area contributed by atoms with Crippen LogP contribution in [0.3, 0.4) is 0 Å². The second-order valence-corrected chi connectivity index (χ2v) is 6.76. The van der Waals surface area contributed by atoms with E-state index < -0.39 is 0 Å². The van der Waals surface area contributed by atoms with E-state index in [0.717, 1.165) is 20.4 Å². The quantitative estimate of drug-likeness (QED) is 0.638. The molecule has 1 aromatic heterocycles. The molecule has 3 aromatic rings. The fourth-order valence-corrected chi connectivity index (χ4v) is 3.64. The summed E-state index contributed by atoms with van der Waals surface area (Å²) in [6, 6.07) is 8.81. The van der Waals surface area contributed by atoms with Crippen LogP contribution in [0.4, 0.5) is 0 Å². The van der Waals surface area contributed by atoms with Gasteiger partial charge in [-0.05, 0) is 23.1 Å². The SMILES string of the molecule is CN1C(=O)c2cccc3c(Cc4cn(C)c(=O)n(C)c4=O)ccc(c23)C1=O. The number of hydrogen-bond donors (Lipinski definition) is 0. The van der Waals surface area contributed by atoms with E-state index in [2.05, 4.69) is 0 Å². The molecule has 0 aliphatic carbocycles. The van der Waals surface area contributed by atoms with Crippen LogP contribution in [0.5, 0.6) is 0 Å². The van der Waals surface area contributed by atoms with Gasteiger partial charge in [0.2, 0.25) is 0 Å². The third kappa shape index (κ3) is 2.35. The van der Waals surface area contributed by atoms with E-state index in [1.165, 1.54) is 24.9 Å². The lowest BCUT2D eigenvalue weighted by Gasteiger charge is -2.24. The van der Waals surface area contributed by atoms with Crippen molar-refractivity contribution in [2.45, 2.75) is 6.42 Å². The van der Waals surface area contributed by atoms with Crippen LogP contribution >= 0.6 is 0 Å². The summed E-state index contributed by atoms with van der Waals surface area (Å²) in [6.07, 6.45) is 1.82. The van der Waals surface area contributed by atoms with E-state index in [-0.39, 0.29) is 23.1 Å². The first-order valence-corrected chi connectivity index (χ1v) is 8.43. The van der Waals surface area contributed by atoms with Crippen molar-refractivity contribution in [3.63, 3.8) is 0 Å². The smallest absolute Gasteiger partial charge is 0.303 e. The fourth-order valence-electron chi connectivity index (χ4n) is 3.64. The predicted molar refractivity (Wildman–Crippen MR) is 100 cm³/mol. The van der Waals surface area contributed by atoms with Crippen molar-refractivity contribution in [2.75, 3.05) is 7.05 Å². The third-order valence-corrected chi connectivity index (χ3v) is 5.10. The molecule has 136 valence electrons. The van der Waals surface area contributed by atoms with Gasteiger partial charge in [0.15, 0.2) is 0 Å². The molecule has 2 amide bonds. The molecule has 1 aliphatic rings. The normalized spacial score (nSPS) is 13.5. The minimum atomic E-state index is -0.389. The number of benzene rings is 2.